The first-order valence-corrected chi connectivity index (χ1v) is 16.7. The zero-order chi connectivity index (χ0) is 40.0. The monoisotopic (exact) mass is 788 g/mol. The third kappa shape index (κ3) is 7.76. The van der Waals surface area contributed by atoms with Crippen molar-refractivity contribution in [3.63, 3.8) is 0 Å². The van der Waals surface area contributed by atoms with Crippen molar-refractivity contribution < 1.29 is 104 Å². The summed E-state index contributed by atoms with van der Waals surface area (Å²) in [6.45, 7) is -2.26. The summed E-state index contributed by atoms with van der Waals surface area (Å²) < 4.78 is 38.9. The lowest BCUT2D eigenvalue weighted by Gasteiger charge is -2.42. The van der Waals surface area contributed by atoms with Gasteiger partial charge in [-0.05, 0) is 18.2 Å². The Morgan fingerprint density at radius 2 is 1.09 bits per heavy atom. The van der Waals surface area contributed by atoms with E-state index in [4.69, 9.17) is 32.8 Å². The van der Waals surface area contributed by atoms with E-state index in [1.165, 1.54) is 6.07 Å². The van der Waals surface area contributed by atoms with Crippen LogP contribution in [0.15, 0.2) is 39.5 Å². The molecule has 4 heterocycles. The number of fused-ring (bicyclic) bond motifs is 1. The van der Waals surface area contributed by atoms with Crippen LogP contribution >= 0.6 is 0 Å². The normalized spacial score (nSPS) is 36.8. The molecule has 3 aliphatic heterocycles. The molecule has 3 aromatic rings. The largest absolute Gasteiger partial charge is 0.507 e. The van der Waals surface area contributed by atoms with Gasteiger partial charge in [-0.2, -0.15) is 0 Å². The molecule has 6 rings (SSSR count). The standard InChI is InChI=1S/C33H40O22/c34-6-15-19(39)23(43)26(46)31(52-15)49-8-17-21(41)25(45)27(47)32(54-17)50-10-4-13(38)18-14(5-10)51-29(9-1-2-11(36)12(37)3-9)30(22(18)42)55-33-28(48)24(44)20(40)16(7-35)53-33/h1-5,15-17,19-21,23-28,31-41,43-48H,6-8H2/t15-,16-,17-,19+,20+,21+,23+,24+,25+,26+,27+,28+,31-,32-,33-/m1/s1. The molecular weight excluding hydrogens is 748 g/mol. The number of rotatable bonds is 10. The van der Waals surface area contributed by atoms with Gasteiger partial charge in [0.1, 0.15) is 95.7 Å². The van der Waals surface area contributed by atoms with Crippen LogP contribution in [0.3, 0.4) is 0 Å². The third-order valence-electron chi connectivity index (χ3n) is 9.42. The van der Waals surface area contributed by atoms with Crippen LogP contribution in [0.5, 0.6) is 28.7 Å². The number of benzene rings is 2. The SMILES string of the molecule is O=c1c(O[C@H]2O[C@H](CO)[C@H](O)[C@H](O)[C@@H]2O)c(-c2ccc(O)c(O)c2)oc2cc(O[C@@H]3O[C@H](CO[C@@H]4O[C@H](CO)[C@H](O)[C@H](O)[C@@H]4O)[C@H](O)[C@H](O)[C@@H]3O)cc(O)c12. The average molecular weight is 789 g/mol. The van der Waals surface area contributed by atoms with Gasteiger partial charge in [0.05, 0.1) is 19.8 Å². The van der Waals surface area contributed by atoms with Crippen LogP contribution in [-0.4, -0.2) is 183 Å². The molecule has 22 nitrogen and oxygen atoms in total. The quantitative estimate of drug-likeness (QED) is 0.0853. The number of aliphatic hydroxyl groups excluding tert-OH is 11. The summed E-state index contributed by atoms with van der Waals surface area (Å²) in [4.78, 5) is 13.9. The Labute approximate surface area is 307 Å². The lowest BCUT2D eigenvalue weighted by molar-refractivity contribution is -0.323. The Bertz CT molecular complexity index is 1870. The van der Waals surface area contributed by atoms with Crippen molar-refractivity contribution in [1.82, 2.24) is 0 Å². The second-order valence-electron chi connectivity index (χ2n) is 13.1. The van der Waals surface area contributed by atoms with Crippen LogP contribution in [0.2, 0.25) is 0 Å². The van der Waals surface area contributed by atoms with Gasteiger partial charge < -0.3 is 104 Å². The zero-order valence-corrected chi connectivity index (χ0v) is 28.2. The first-order valence-electron chi connectivity index (χ1n) is 16.7. The Hall–Kier alpha value is -3.95. The third-order valence-corrected chi connectivity index (χ3v) is 9.42. The van der Waals surface area contributed by atoms with Gasteiger partial charge in [-0.1, -0.05) is 0 Å². The highest BCUT2D eigenvalue weighted by molar-refractivity contribution is 5.88. The molecule has 0 spiro atoms. The van der Waals surface area contributed by atoms with Crippen molar-refractivity contribution in [3.8, 4) is 40.1 Å². The number of hydrogen-bond acceptors (Lipinski definition) is 22. The van der Waals surface area contributed by atoms with Crippen molar-refractivity contribution >= 4 is 11.0 Å². The van der Waals surface area contributed by atoms with Crippen molar-refractivity contribution in [2.75, 3.05) is 19.8 Å². The highest BCUT2D eigenvalue weighted by atomic mass is 16.7. The first kappa shape index (κ1) is 40.7. The van der Waals surface area contributed by atoms with Crippen LogP contribution < -0.4 is 14.9 Å². The molecule has 0 radical (unpaired) electrons. The summed E-state index contributed by atoms with van der Waals surface area (Å²) in [7, 11) is 0. The summed E-state index contributed by atoms with van der Waals surface area (Å²) in [6.07, 6.45) is -26.3. The molecule has 1 aromatic heterocycles. The molecule has 3 saturated heterocycles. The van der Waals surface area contributed by atoms with Gasteiger partial charge in [0.2, 0.25) is 23.8 Å². The number of phenolic OH excluding ortho intramolecular Hbond substituents is 3. The van der Waals surface area contributed by atoms with Gasteiger partial charge in [-0.25, -0.2) is 0 Å². The summed E-state index contributed by atoms with van der Waals surface area (Å²) >= 11 is 0. The maximum atomic E-state index is 13.9. The van der Waals surface area contributed by atoms with E-state index in [1.807, 2.05) is 0 Å². The summed E-state index contributed by atoms with van der Waals surface area (Å²) in [5.74, 6) is -3.69. The van der Waals surface area contributed by atoms with Crippen LogP contribution in [0.4, 0.5) is 0 Å². The van der Waals surface area contributed by atoms with E-state index in [-0.39, 0.29) is 11.3 Å². The van der Waals surface area contributed by atoms with E-state index < -0.39 is 157 Å². The van der Waals surface area contributed by atoms with E-state index in [9.17, 15) is 76.3 Å². The molecule has 0 saturated carbocycles. The maximum absolute atomic E-state index is 13.9. The van der Waals surface area contributed by atoms with Crippen LogP contribution in [0.1, 0.15) is 0 Å². The number of ether oxygens (including phenoxy) is 6. The Kier molecular flexibility index (Phi) is 12.0. The predicted molar refractivity (Wildman–Crippen MR) is 174 cm³/mol. The van der Waals surface area contributed by atoms with Gasteiger partial charge in [0.15, 0.2) is 23.5 Å². The Balaban J connectivity index is 1.30. The van der Waals surface area contributed by atoms with E-state index in [2.05, 4.69) is 0 Å². The summed E-state index contributed by atoms with van der Waals surface area (Å²) in [5, 5.41) is 143. The average Bonchev–Trinajstić information content (AvgIpc) is 3.16. The molecule has 55 heavy (non-hydrogen) atoms. The second-order valence-corrected chi connectivity index (χ2v) is 13.1. The maximum Gasteiger partial charge on any atom is 0.239 e. The molecule has 14 N–H and O–H groups in total. The molecule has 0 unspecified atom stereocenters. The molecule has 3 fully saturated rings. The summed E-state index contributed by atoms with van der Waals surface area (Å²) in [6, 6.07) is 5.08. The zero-order valence-electron chi connectivity index (χ0n) is 28.2. The van der Waals surface area contributed by atoms with Crippen molar-refractivity contribution in [2.45, 2.75) is 92.1 Å². The minimum Gasteiger partial charge on any atom is -0.507 e. The predicted octanol–water partition coefficient (Wildman–Crippen LogP) is -5.24. The van der Waals surface area contributed by atoms with Gasteiger partial charge in [0.25, 0.3) is 0 Å². The van der Waals surface area contributed by atoms with E-state index in [0.29, 0.717) is 0 Å². The second kappa shape index (κ2) is 16.3. The van der Waals surface area contributed by atoms with Gasteiger partial charge in [0, 0.05) is 17.7 Å². The Morgan fingerprint density at radius 3 is 1.67 bits per heavy atom. The number of phenols is 3. The topological polar surface area (TPSA) is 369 Å². The first-order chi connectivity index (χ1) is 26.1. The highest BCUT2D eigenvalue weighted by Crippen LogP contribution is 2.40. The molecule has 0 amide bonds. The lowest BCUT2D eigenvalue weighted by atomic mass is 9.98. The fraction of sp³-hybridized carbons (Fsp3) is 0.545. The lowest BCUT2D eigenvalue weighted by Crippen LogP contribution is -2.62. The molecule has 304 valence electrons. The number of aliphatic hydroxyl groups is 11. The molecule has 0 aliphatic carbocycles. The molecular formula is C33H40O22. The fourth-order valence-corrected chi connectivity index (χ4v) is 6.25. The van der Waals surface area contributed by atoms with E-state index >= 15 is 0 Å². The van der Waals surface area contributed by atoms with Crippen LogP contribution in [-0.2, 0) is 18.9 Å². The van der Waals surface area contributed by atoms with E-state index in [1.54, 1.807) is 0 Å². The Morgan fingerprint density at radius 1 is 0.564 bits per heavy atom. The van der Waals surface area contributed by atoms with Crippen molar-refractivity contribution in [1.29, 1.82) is 0 Å². The minimum atomic E-state index is -1.99. The van der Waals surface area contributed by atoms with Crippen LogP contribution in [0.25, 0.3) is 22.3 Å². The van der Waals surface area contributed by atoms with Crippen molar-refractivity contribution in [3.05, 3.63) is 40.6 Å². The smallest absolute Gasteiger partial charge is 0.239 e. The molecule has 22 heteroatoms. The van der Waals surface area contributed by atoms with Crippen molar-refractivity contribution in [2.24, 2.45) is 0 Å². The van der Waals surface area contributed by atoms with Gasteiger partial charge >= 0.3 is 0 Å². The fourth-order valence-electron chi connectivity index (χ4n) is 6.25. The molecule has 2 aromatic carbocycles. The summed E-state index contributed by atoms with van der Waals surface area (Å²) in [5.41, 5.74) is -1.68. The molecule has 0 bridgehead atoms. The minimum absolute atomic E-state index is 0.120. The molecule has 15 atom stereocenters. The van der Waals surface area contributed by atoms with Gasteiger partial charge in [-0.3, -0.25) is 4.79 Å². The highest BCUT2D eigenvalue weighted by Gasteiger charge is 2.49. The van der Waals surface area contributed by atoms with Crippen LogP contribution in [0, 0.1) is 0 Å². The van der Waals surface area contributed by atoms with Gasteiger partial charge in [-0.15, -0.1) is 0 Å². The van der Waals surface area contributed by atoms with E-state index in [0.717, 1.165) is 24.3 Å². The number of aromatic hydroxyl groups is 3. The number of hydrogen-bond donors (Lipinski definition) is 14. The molecule has 3 aliphatic rings.